The van der Waals surface area contributed by atoms with Crippen LogP contribution in [0.3, 0.4) is 0 Å². The predicted octanol–water partition coefficient (Wildman–Crippen LogP) is 3.57. The second-order valence-corrected chi connectivity index (χ2v) is 8.20. The minimum atomic E-state index is -0.518. The van der Waals surface area contributed by atoms with Gasteiger partial charge >= 0.3 is 0 Å². The molecule has 2 N–H and O–H groups in total. The van der Waals surface area contributed by atoms with Crippen LogP contribution in [0.15, 0.2) is 53.5 Å². The third-order valence-corrected chi connectivity index (χ3v) is 5.32. The zero-order chi connectivity index (χ0) is 23.7. The van der Waals surface area contributed by atoms with Gasteiger partial charge in [0.1, 0.15) is 5.56 Å². The molecule has 0 spiro atoms. The van der Waals surface area contributed by atoms with E-state index in [0.29, 0.717) is 39.6 Å². The third-order valence-electron chi connectivity index (χ3n) is 5.32. The number of hydrogen-bond donors (Lipinski definition) is 2. The van der Waals surface area contributed by atoms with Gasteiger partial charge < -0.3 is 20.1 Å². The summed E-state index contributed by atoms with van der Waals surface area (Å²) in [4.78, 5) is 38.6. The Morgan fingerprint density at radius 2 is 1.70 bits per heavy atom. The van der Waals surface area contributed by atoms with Crippen LogP contribution in [0.2, 0.25) is 0 Å². The van der Waals surface area contributed by atoms with E-state index in [1.807, 2.05) is 13.8 Å². The molecule has 2 aromatic carbocycles. The zero-order valence-electron chi connectivity index (χ0n) is 18.9. The summed E-state index contributed by atoms with van der Waals surface area (Å²) < 4.78 is 12.1. The number of amides is 2. The average Bonchev–Trinajstić information content (AvgIpc) is 3.22. The fourth-order valence-corrected chi connectivity index (χ4v) is 3.62. The maximum absolute atomic E-state index is 13.2. The van der Waals surface area contributed by atoms with Crippen LogP contribution in [-0.2, 0) is 0 Å². The highest BCUT2D eigenvalue weighted by molar-refractivity contribution is 6.05. The summed E-state index contributed by atoms with van der Waals surface area (Å²) in [6.45, 7) is 7.42. The van der Waals surface area contributed by atoms with Crippen molar-refractivity contribution in [3.05, 3.63) is 81.3 Å². The molecule has 1 aromatic heterocycles. The summed E-state index contributed by atoms with van der Waals surface area (Å²) in [5.41, 5.74) is 2.45. The standard InChI is InChI=1S/C25H25N3O5/c1-14(2)26-23(29)17-5-7-19(16(4)11-17)27-24(30)22-15(3)9-10-28(25(22)31)18-6-8-20-21(12-18)33-13-32-20/h5-12,14H,13H2,1-4H3,(H,26,29)(H,27,30). The van der Waals surface area contributed by atoms with Crippen LogP contribution in [0.1, 0.15) is 45.7 Å². The van der Waals surface area contributed by atoms with Crippen LogP contribution in [0.25, 0.3) is 5.69 Å². The molecule has 170 valence electrons. The van der Waals surface area contributed by atoms with Crippen molar-refractivity contribution in [1.29, 1.82) is 0 Å². The van der Waals surface area contributed by atoms with Crippen LogP contribution in [0, 0.1) is 13.8 Å². The average molecular weight is 447 g/mol. The summed E-state index contributed by atoms with van der Waals surface area (Å²) in [5, 5.41) is 5.64. The van der Waals surface area contributed by atoms with Crippen molar-refractivity contribution in [2.75, 3.05) is 12.1 Å². The Kier molecular flexibility index (Phi) is 5.91. The molecule has 1 aliphatic rings. The Labute approximate surface area is 191 Å². The summed E-state index contributed by atoms with van der Waals surface area (Å²) in [5.74, 6) is 0.452. The van der Waals surface area contributed by atoms with E-state index in [0.717, 1.165) is 0 Å². The van der Waals surface area contributed by atoms with Crippen molar-refractivity contribution in [3.63, 3.8) is 0 Å². The van der Waals surface area contributed by atoms with Gasteiger partial charge in [-0.15, -0.1) is 0 Å². The lowest BCUT2D eigenvalue weighted by atomic mass is 10.1. The van der Waals surface area contributed by atoms with Crippen LogP contribution in [0.4, 0.5) is 5.69 Å². The van der Waals surface area contributed by atoms with E-state index < -0.39 is 11.5 Å². The molecular formula is C25H25N3O5. The molecule has 0 saturated heterocycles. The molecule has 8 heteroatoms. The number of aromatic nitrogens is 1. The number of ether oxygens (including phenoxy) is 2. The molecular weight excluding hydrogens is 422 g/mol. The van der Waals surface area contributed by atoms with Gasteiger partial charge in [-0.05, 0) is 75.2 Å². The van der Waals surface area contributed by atoms with Crippen LogP contribution in [-0.4, -0.2) is 29.2 Å². The molecule has 0 aliphatic carbocycles. The van der Waals surface area contributed by atoms with E-state index in [9.17, 15) is 14.4 Å². The smallest absolute Gasteiger partial charge is 0.268 e. The van der Waals surface area contributed by atoms with Gasteiger partial charge in [-0.1, -0.05) is 0 Å². The van der Waals surface area contributed by atoms with Gasteiger partial charge in [-0.25, -0.2) is 0 Å². The lowest BCUT2D eigenvalue weighted by molar-refractivity contribution is 0.0942. The minimum Gasteiger partial charge on any atom is -0.454 e. The molecule has 0 unspecified atom stereocenters. The molecule has 0 radical (unpaired) electrons. The lowest BCUT2D eigenvalue weighted by Crippen LogP contribution is -2.30. The van der Waals surface area contributed by atoms with E-state index in [4.69, 9.17) is 9.47 Å². The van der Waals surface area contributed by atoms with Crippen molar-refractivity contribution in [2.24, 2.45) is 0 Å². The largest absolute Gasteiger partial charge is 0.454 e. The van der Waals surface area contributed by atoms with Crippen LogP contribution < -0.4 is 25.7 Å². The van der Waals surface area contributed by atoms with Crippen molar-refractivity contribution in [2.45, 2.75) is 33.7 Å². The van der Waals surface area contributed by atoms with E-state index in [1.165, 1.54) is 4.57 Å². The maximum atomic E-state index is 13.2. The molecule has 0 fully saturated rings. The number of rotatable bonds is 5. The number of carbonyl (C=O) groups excluding carboxylic acids is 2. The lowest BCUT2D eigenvalue weighted by Gasteiger charge is -2.14. The summed E-state index contributed by atoms with van der Waals surface area (Å²) in [6.07, 6.45) is 1.62. The van der Waals surface area contributed by atoms with Crippen LogP contribution >= 0.6 is 0 Å². The van der Waals surface area contributed by atoms with Crippen molar-refractivity contribution >= 4 is 17.5 Å². The van der Waals surface area contributed by atoms with E-state index >= 15 is 0 Å². The zero-order valence-corrected chi connectivity index (χ0v) is 18.9. The quantitative estimate of drug-likeness (QED) is 0.623. The highest BCUT2D eigenvalue weighted by Crippen LogP contribution is 2.33. The van der Waals surface area contributed by atoms with E-state index in [2.05, 4.69) is 10.6 Å². The Bertz CT molecular complexity index is 1310. The number of aryl methyl sites for hydroxylation is 2. The minimum absolute atomic E-state index is 0.0187. The summed E-state index contributed by atoms with van der Waals surface area (Å²) in [7, 11) is 0. The highest BCUT2D eigenvalue weighted by Gasteiger charge is 2.20. The molecule has 2 heterocycles. The van der Waals surface area contributed by atoms with Crippen molar-refractivity contribution in [3.8, 4) is 17.2 Å². The molecule has 0 saturated carbocycles. The Morgan fingerprint density at radius 3 is 2.42 bits per heavy atom. The second-order valence-electron chi connectivity index (χ2n) is 8.20. The first kappa shape index (κ1) is 22.1. The number of fused-ring (bicyclic) bond motifs is 1. The first-order valence-electron chi connectivity index (χ1n) is 10.6. The Balaban J connectivity index is 1.62. The highest BCUT2D eigenvalue weighted by atomic mass is 16.7. The number of pyridine rings is 1. The molecule has 33 heavy (non-hydrogen) atoms. The second kappa shape index (κ2) is 8.82. The van der Waals surface area contributed by atoms with Gasteiger partial charge in [-0.2, -0.15) is 0 Å². The van der Waals surface area contributed by atoms with Gasteiger partial charge in [0.05, 0.1) is 5.69 Å². The molecule has 0 atom stereocenters. The number of nitrogens with one attached hydrogen (secondary N) is 2. The van der Waals surface area contributed by atoms with Gasteiger partial charge in [0.25, 0.3) is 17.4 Å². The normalized spacial score (nSPS) is 12.0. The number of benzene rings is 2. The monoisotopic (exact) mass is 447 g/mol. The van der Waals surface area contributed by atoms with Gasteiger partial charge in [0.2, 0.25) is 6.79 Å². The first-order valence-corrected chi connectivity index (χ1v) is 10.6. The maximum Gasteiger partial charge on any atom is 0.268 e. The molecule has 2 amide bonds. The van der Waals surface area contributed by atoms with Crippen molar-refractivity contribution < 1.29 is 19.1 Å². The third kappa shape index (κ3) is 4.45. The Hall–Kier alpha value is -4.07. The summed E-state index contributed by atoms with van der Waals surface area (Å²) >= 11 is 0. The number of anilines is 1. The number of carbonyl (C=O) groups is 2. The fraction of sp³-hybridized carbons (Fsp3) is 0.240. The SMILES string of the molecule is Cc1cc(C(=O)NC(C)C)ccc1NC(=O)c1c(C)ccn(-c2ccc3c(c2)OCO3)c1=O. The first-order chi connectivity index (χ1) is 15.7. The van der Waals surface area contributed by atoms with Gasteiger partial charge in [0.15, 0.2) is 11.5 Å². The Morgan fingerprint density at radius 1 is 0.939 bits per heavy atom. The molecule has 3 aromatic rings. The topological polar surface area (TPSA) is 98.7 Å². The van der Waals surface area contributed by atoms with Gasteiger partial charge in [-0.3, -0.25) is 19.0 Å². The van der Waals surface area contributed by atoms with Crippen molar-refractivity contribution in [1.82, 2.24) is 9.88 Å². The molecule has 0 bridgehead atoms. The molecule has 1 aliphatic heterocycles. The fourth-order valence-electron chi connectivity index (χ4n) is 3.62. The van der Waals surface area contributed by atoms with E-state index in [-0.39, 0.29) is 24.3 Å². The number of nitrogens with zero attached hydrogens (tertiary/aromatic N) is 1. The molecule has 8 nitrogen and oxygen atoms in total. The summed E-state index contributed by atoms with van der Waals surface area (Å²) in [6, 6.07) is 11.9. The predicted molar refractivity (Wildman–Crippen MR) is 125 cm³/mol. The van der Waals surface area contributed by atoms with Gasteiger partial charge in [0, 0.05) is 29.6 Å². The van der Waals surface area contributed by atoms with Crippen LogP contribution in [0.5, 0.6) is 11.5 Å². The van der Waals surface area contributed by atoms with E-state index in [1.54, 1.807) is 62.5 Å². The number of hydrogen-bond acceptors (Lipinski definition) is 5. The molecule has 4 rings (SSSR count).